The van der Waals surface area contributed by atoms with Crippen molar-refractivity contribution in [2.24, 2.45) is 0 Å². The summed E-state index contributed by atoms with van der Waals surface area (Å²) in [7, 11) is -4.43. The second-order valence-corrected chi connectivity index (χ2v) is 10.3. The minimum Gasteiger partial charge on any atom is -0.456 e. The van der Waals surface area contributed by atoms with E-state index in [-0.39, 0.29) is 11.5 Å². The maximum atomic E-state index is 13.7. The number of aromatic nitrogens is 3. The van der Waals surface area contributed by atoms with Gasteiger partial charge in [0.05, 0.1) is 12.7 Å². The van der Waals surface area contributed by atoms with Crippen molar-refractivity contribution in [3.63, 3.8) is 0 Å². The van der Waals surface area contributed by atoms with Crippen molar-refractivity contribution >= 4 is 19.6 Å². The fourth-order valence-electron chi connectivity index (χ4n) is 3.59. The highest BCUT2D eigenvalue weighted by Crippen LogP contribution is 2.46. The van der Waals surface area contributed by atoms with Gasteiger partial charge >= 0.3 is 25.3 Å². The molecule has 4 rings (SSSR count). The smallest absolute Gasteiger partial charge is 0.456 e. The van der Waals surface area contributed by atoms with Crippen molar-refractivity contribution in [1.82, 2.24) is 19.9 Å². The van der Waals surface area contributed by atoms with Gasteiger partial charge in [-0.1, -0.05) is 18.2 Å². The van der Waals surface area contributed by atoms with Gasteiger partial charge < -0.3 is 28.6 Å². The monoisotopic (exact) mass is 597 g/mol. The molecular weight excluding hydrogens is 573 g/mol. The molecule has 0 spiro atoms. The van der Waals surface area contributed by atoms with Crippen molar-refractivity contribution in [1.29, 1.82) is 0 Å². The molecule has 19 heteroatoms. The molecule has 3 aromatic rings. The van der Waals surface area contributed by atoms with Gasteiger partial charge in [-0.05, 0) is 25.1 Å². The first kappa shape index (κ1) is 29.8. The molecule has 18 nitrogen and oxygen atoms in total. The summed E-state index contributed by atoms with van der Waals surface area (Å²) in [5.74, 6) is -1.41. The van der Waals surface area contributed by atoms with Crippen molar-refractivity contribution < 1.29 is 47.4 Å². The Bertz CT molecular complexity index is 1540. The van der Waals surface area contributed by atoms with E-state index in [4.69, 9.17) is 22.9 Å². The molecule has 0 saturated carbocycles. The fourth-order valence-corrected chi connectivity index (χ4v) is 5.10. The Morgan fingerprint density at radius 1 is 1.24 bits per heavy atom. The van der Waals surface area contributed by atoms with Crippen molar-refractivity contribution in [3.8, 4) is 5.75 Å². The van der Waals surface area contributed by atoms with Gasteiger partial charge in [0.25, 0.3) is 5.56 Å². The van der Waals surface area contributed by atoms with Crippen LogP contribution in [0.1, 0.15) is 18.9 Å². The van der Waals surface area contributed by atoms with Gasteiger partial charge in [-0.15, -0.1) is 0 Å². The van der Waals surface area contributed by atoms with Gasteiger partial charge in [0, 0.05) is 0 Å². The van der Waals surface area contributed by atoms with Crippen molar-refractivity contribution in [2.75, 3.05) is 6.61 Å². The highest BCUT2D eigenvalue weighted by atomic mass is 31.2. The number of rotatable bonds is 12. The van der Waals surface area contributed by atoms with Gasteiger partial charge in [0.15, 0.2) is 6.23 Å². The quantitative estimate of drug-likeness (QED) is 0.0927. The lowest BCUT2D eigenvalue weighted by Gasteiger charge is -2.24. The number of para-hydroxylation sites is 1. The number of aliphatic hydroxyl groups is 2. The van der Waals surface area contributed by atoms with Crippen molar-refractivity contribution in [2.45, 2.75) is 44.1 Å². The summed E-state index contributed by atoms with van der Waals surface area (Å²) in [6.07, 6.45) is -5.44. The highest BCUT2D eigenvalue weighted by Gasteiger charge is 2.46. The summed E-state index contributed by atoms with van der Waals surface area (Å²) in [5, 5.41) is 37.6. The molecule has 1 aliphatic rings. The molecular formula is C22H24N5O13P. The van der Waals surface area contributed by atoms with E-state index in [1.54, 1.807) is 18.2 Å². The molecule has 0 amide bonds. The summed E-state index contributed by atoms with van der Waals surface area (Å²) in [6, 6.07) is 8.78. The Hall–Kier alpha value is -4.19. The van der Waals surface area contributed by atoms with Crippen LogP contribution in [-0.2, 0) is 30.0 Å². The number of nitrogens with one attached hydrogen (secondary N) is 2. The van der Waals surface area contributed by atoms with Crippen molar-refractivity contribution in [3.05, 3.63) is 85.4 Å². The lowest BCUT2D eigenvalue weighted by atomic mass is 10.1. The van der Waals surface area contributed by atoms with Crippen LogP contribution in [0.4, 0.5) is 5.88 Å². The number of hydrogen-bond donors (Lipinski definition) is 4. The van der Waals surface area contributed by atoms with Gasteiger partial charge in [-0.2, -0.15) is 14.9 Å². The molecule has 1 aliphatic heterocycles. The Morgan fingerprint density at radius 2 is 1.98 bits per heavy atom. The maximum Gasteiger partial charge on any atom is 0.459 e. The SMILES string of the molecule is C[C@H](NP(=O)(OC[C@H]1O[C@@H](n2ncc(=O)[nH]c2=O)[C@@H](O)[C@H]1O)Oc1ccccc1)C(=O)OCc1ccc([N+](=O)[O-])o1. The minimum absolute atomic E-state index is 0.00575. The predicted molar refractivity (Wildman–Crippen MR) is 133 cm³/mol. The summed E-state index contributed by atoms with van der Waals surface area (Å²) in [5.41, 5.74) is -1.80. The summed E-state index contributed by atoms with van der Waals surface area (Å²) in [6.45, 7) is 0.164. The average molecular weight is 597 g/mol. The van der Waals surface area contributed by atoms with Crippen LogP contribution in [0.5, 0.6) is 5.75 Å². The maximum absolute atomic E-state index is 13.7. The van der Waals surface area contributed by atoms with E-state index in [1.807, 2.05) is 4.98 Å². The number of carbonyl (C=O) groups excluding carboxylic acids is 1. The second-order valence-electron chi connectivity index (χ2n) is 8.58. The number of esters is 1. The van der Waals surface area contributed by atoms with Crippen LogP contribution in [0.3, 0.4) is 0 Å². The van der Waals surface area contributed by atoms with Crippen LogP contribution in [-0.4, -0.2) is 66.8 Å². The zero-order valence-corrected chi connectivity index (χ0v) is 22.0. The number of nitrogens with zero attached hydrogens (tertiary/aromatic N) is 3. The molecule has 1 aromatic carbocycles. The molecule has 1 saturated heterocycles. The lowest BCUT2D eigenvalue weighted by molar-refractivity contribution is -0.402. The van der Waals surface area contributed by atoms with Crippen LogP contribution < -0.4 is 20.9 Å². The molecule has 41 heavy (non-hydrogen) atoms. The van der Waals surface area contributed by atoms with Gasteiger partial charge in [-0.3, -0.25) is 29.2 Å². The zero-order valence-electron chi connectivity index (χ0n) is 21.1. The van der Waals surface area contributed by atoms with Gasteiger partial charge in [0.1, 0.15) is 53.6 Å². The van der Waals surface area contributed by atoms with E-state index in [0.29, 0.717) is 4.68 Å². The van der Waals surface area contributed by atoms with Crippen LogP contribution in [0.2, 0.25) is 0 Å². The summed E-state index contributed by atoms with van der Waals surface area (Å²) < 4.78 is 40.7. The average Bonchev–Trinajstić information content (AvgIpc) is 3.52. The first-order valence-corrected chi connectivity index (χ1v) is 13.4. The summed E-state index contributed by atoms with van der Waals surface area (Å²) >= 11 is 0. The third kappa shape index (κ3) is 7.31. The number of nitro groups is 1. The molecule has 1 unspecified atom stereocenters. The second kappa shape index (κ2) is 12.5. The molecule has 1 fully saturated rings. The molecule has 220 valence electrons. The Kier molecular flexibility index (Phi) is 9.11. The van der Waals surface area contributed by atoms with Crippen LogP contribution >= 0.6 is 7.75 Å². The first-order valence-electron chi connectivity index (χ1n) is 11.8. The van der Waals surface area contributed by atoms with Gasteiger partial charge in [-0.25, -0.2) is 9.36 Å². The van der Waals surface area contributed by atoms with E-state index in [9.17, 15) is 39.3 Å². The largest absolute Gasteiger partial charge is 0.459 e. The topological polar surface area (TPSA) is 248 Å². The molecule has 0 bridgehead atoms. The van der Waals surface area contributed by atoms with E-state index >= 15 is 0 Å². The number of carbonyl (C=O) groups is 1. The number of hydrogen-bond acceptors (Lipinski definition) is 14. The number of ether oxygens (including phenoxy) is 2. The Balaban J connectivity index is 1.44. The number of benzene rings is 1. The number of aromatic amines is 1. The Labute approximate surface area is 229 Å². The molecule has 6 atom stereocenters. The highest BCUT2D eigenvalue weighted by molar-refractivity contribution is 7.52. The molecule has 0 radical (unpaired) electrons. The van der Waals surface area contributed by atoms with E-state index in [0.717, 1.165) is 12.3 Å². The zero-order chi connectivity index (χ0) is 29.7. The minimum atomic E-state index is -4.43. The van der Waals surface area contributed by atoms with Crippen LogP contribution in [0.25, 0.3) is 0 Å². The number of H-pyrrole nitrogens is 1. The standard InChI is InChI=1S/C22H24N5O13P/c1-12(21(31)36-10-14-7-8-17(38-14)27(33)34)25-41(35,40-13-5-3-2-4-6-13)37-11-15-18(29)19(30)20(39-15)26-22(32)24-16(28)9-23-26/h2-9,12,15,18-20,29-30H,10-11H2,1H3,(H,25,35)(H,24,28,32)/t12-,15+,18-,19-,20+,41?/m0/s1. The number of aliphatic hydroxyl groups excluding tert-OH is 2. The van der Waals surface area contributed by atoms with E-state index in [1.165, 1.54) is 25.1 Å². The van der Waals surface area contributed by atoms with Crippen LogP contribution in [0, 0.1) is 10.1 Å². The Morgan fingerprint density at radius 3 is 2.63 bits per heavy atom. The fraction of sp³-hybridized carbons (Fsp3) is 0.364. The predicted octanol–water partition coefficient (Wildman–Crippen LogP) is -0.0228. The lowest BCUT2D eigenvalue weighted by Crippen LogP contribution is -2.39. The number of furan rings is 1. The van der Waals surface area contributed by atoms with Crippen LogP contribution in [0.15, 0.2) is 62.7 Å². The molecule has 4 N–H and O–H groups in total. The van der Waals surface area contributed by atoms with Gasteiger partial charge in [0.2, 0.25) is 0 Å². The van der Waals surface area contributed by atoms with E-state index < -0.39 is 79.6 Å². The summed E-state index contributed by atoms with van der Waals surface area (Å²) in [4.78, 5) is 47.8. The molecule has 3 heterocycles. The first-order chi connectivity index (χ1) is 19.5. The third-order valence-corrected chi connectivity index (χ3v) is 7.23. The normalized spacial score (nSPS) is 22.5. The van der Waals surface area contributed by atoms with E-state index in [2.05, 4.69) is 10.2 Å². The third-order valence-electron chi connectivity index (χ3n) is 5.58. The molecule has 0 aliphatic carbocycles. The molecule has 2 aromatic heterocycles.